The lowest BCUT2D eigenvalue weighted by Crippen LogP contribution is -2.73. The summed E-state index contributed by atoms with van der Waals surface area (Å²) in [5.41, 5.74) is 0.684. The minimum atomic E-state index is -0.678. The molecule has 1 unspecified atom stereocenters. The molecule has 0 aliphatic carbocycles. The van der Waals surface area contributed by atoms with Crippen LogP contribution in [0, 0.1) is 5.92 Å². The van der Waals surface area contributed by atoms with Crippen LogP contribution in [0.3, 0.4) is 0 Å². The summed E-state index contributed by atoms with van der Waals surface area (Å²) < 4.78 is 0. The average molecular weight is 478 g/mol. The van der Waals surface area contributed by atoms with Gasteiger partial charge in [-0.15, -0.1) is 12.4 Å². The Morgan fingerprint density at radius 3 is 2.24 bits per heavy atom. The largest absolute Gasteiger partial charge is 0.342 e. The number of rotatable bonds is 10. The predicted molar refractivity (Wildman–Crippen MR) is 138 cm³/mol. The first-order chi connectivity index (χ1) is 15.4. The zero-order valence-electron chi connectivity index (χ0n) is 21.0. The van der Waals surface area contributed by atoms with E-state index in [0.717, 1.165) is 45.2 Å². The summed E-state index contributed by atoms with van der Waals surface area (Å²) in [6, 6.07) is 10.8. The number of nitrogens with zero attached hydrogens (tertiary/aromatic N) is 2. The van der Waals surface area contributed by atoms with Crippen molar-refractivity contribution in [2.24, 2.45) is 5.92 Å². The topological polar surface area (TPSA) is 52.7 Å². The molecule has 0 bridgehead atoms. The normalized spacial score (nSPS) is 21.7. The van der Waals surface area contributed by atoms with Gasteiger partial charge in [-0.1, -0.05) is 77.3 Å². The van der Waals surface area contributed by atoms with Crippen LogP contribution in [0.1, 0.15) is 90.7 Å². The molecule has 1 aromatic rings. The molecule has 2 aliphatic rings. The van der Waals surface area contributed by atoms with Gasteiger partial charge in [0.25, 0.3) is 0 Å². The van der Waals surface area contributed by atoms with Gasteiger partial charge >= 0.3 is 0 Å². The predicted octanol–water partition coefficient (Wildman–Crippen LogP) is 5.35. The SMILES string of the molecule is CCCCC(c1ccccc1)N1CCC2(CC1)C(=O)N[C@@H](CC(C)C)C(=O)N2CCCC.Cl. The standard InChI is InChI=1S/C27H43N3O2.ClH/c1-5-7-14-24(22-12-10-9-11-13-22)29-18-15-27(16-19-29)26(32)28-23(20-21(3)4)25(31)30(27)17-8-6-2;/h9-13,21,23-24H,5-8,14-20H2,1-4H3,(H,28,32);1H/t23-,24?;/m0./s1. The number of piperidine rings is 1. The molecule has 3 rings (SSSR count). The first kappa shape index (κ1) is 27.7. The molecule has 2 heterocycles. The summed E-state index contributed by atoms with van der Waals surface area (Å²) in [6.07, 6.45) is 7.63. The number of piperazine rings is 1. The van der Waals surface area contributed by atoms with Crippen molar-refractivity contribution in [2.75, 3.05) is 19.6 Å². The number of carbonyl (C=O) groups excluding carboxylic acids is 2. The van der Waals surface area contributed by atoms with Crippen LogP contribution in [0.15, 0.2) is 30.3 Å². The summed E-state index contributed by atoms with van der Waals surface area (Å²) in [7, 11) is 0. The van der Waals surface area contributed by atoms with E-state index in [-0.39, 0.29) is 30.3 Å². The van der Waals surface area contributed by atoms with E-state index < -0.39 is 5.54 Å². The molecule has 33 heavy (non-hydrogen) atoms. The fourth-order valence-corrected chi connectivity index (χ4v) is 5.48. The number of amides is 2. The molecule has 0 aromatic heterocycles. The van der Waals surface area contributed by atoms with Crippen LogP contribution >= 0.6 is 12.4 Å². The molecule has 1 spiro atoms. The third-order valence-electron chi connectivity index (χ3n) is 7.33. The molecule has 0 radical (unpaired) electrons. The highest BCUT2D eigenvalue weighted by Crippen LogP contribution is 2.38. The second-order valence-corrected chi connectivity index (χ2v) is 10.1. The Morgan fingerprint density at radius 1 is 1.03 bits per heavy atom. The van der Waals surface area contributed by atoms with Gasteiger partial charge in [0.2, 0.25) is 11.8 Å². The second kappa shape index (κ2) is 12.8. The number of hydrogen-bond donors (Lipinski definition) is 1. The Labute approximate surface area is 207 Å². The number of benzene rings is 1. The van der Waals surface area contributed by atoms with Crippen molar-refractivity contribution in [3.8, 4) is 0 Å². The smallest absolute Gasteiger partial charge is 0.246 e. The quantitative estimate of drug-likeness (QED) is 0.494. The number of hydrogen-bond acceptors (Lipinski definition) is 3. The van der Waals surface area contributed by atoms with Gasteiger partial charge in [0, 0.05) is 25.7 Å². The van der Waals surface area contributed by atoms with E-state index in [9.17, 15) is 9.59 Å². The number of likely N-dealkylation sites (tertiary alicyclic amines) is 1. The van der Waals surface area contributed by atoms with Crippen molar-refractivity contribution >= 4 is 24.2 Å². The van der Waals surface area contributed by atoms with Crippen molar-refractivity contribution in [1.29, 1.82) is 0 Å². The molecule has 2 amide bonds. The van der Waals surface area contributed by atoms with E-state index in [1.165, 1.54) is 18.4 Å². The summed E-state index contributed by atoms with van der Waals surface area (Å²) in [5.74, 6) is 0.576. The van der Waals surface area contributed by atoms with E-state index in [1.807, 2.05) is 4.90 Å². The fourth-order valence-electron chi connectivity index (χ4n) is 5.48. The maximum atomic E-state index is 13.5. The molecule has 2 saturated heterocycles. The molecular formula is C27H44ClN3O2. The summed E-state index contributed by atoms with van der Waals surface area (Å²) in [4.78, 5) is 31.5. The molecule has 6 heteroatoms. The summed E-state index contributed by atoms with van der Waals surface area (Å²) >= 11 is 0. The molecule has 186 valence electrons. The number of unbranched alkanes of at least 4 members (excludes halogenated alkanes) is 2. The van der Waals surface area contributed by atoms with Crippen molar-refractivity contribution < 1.29 is 9.59 Å². The zero-order valence-corrected chi connectivity index (χ0v) is 21.8. The van der Waals surface area contributed by atoms with Crippen LogP contribution in [-0.2, 0) is 9.59 Å². The van der Waals surface area contributed by atoms with Gasteiger partial charge in [0.15, 0.2) is 0 Å². The highest BCUT2D eigenvalue weighted by molar-refractivity contribution is 6.00. The van der Waals surface area contributed by atoms with E-state index >= 15 is 0 Å². The van der Waals surface area contributed by atoms with Crippen LogP contribution in [0.2, 0.25) is 0 Å². The monoisotopic (exact) mass is 477 g/mol. The van der Waals surface area contributed by atoms with Crippen molar-refractivity contribution in [3.63, 3.8) is 0 Å². The second-order valence-electron chi connectivity index (χ2n) is 10.1. The molecule has 0 saturated carbocycles. The first-order valence-electron chi connectivity index (χ1n) is 12.8. The Morgan fingerprint density at radius 2 is 1.67 bits per heavy atom. The van der Waals surface area contributed by atoms with Crippen LogP contribution in [0.5, 0.6) is 0 Å². The minimum absolute atomic E-state index is 0. The van der Waals surface area contributed by atoms with E-state index in [1.54, 1.807) is 0 Å². The molecule has 5 nitrogen and oxygen atoms in total. The van der Waals surface area contributed by atoms with Crippen molar-refractivity contribution in [1.82, 2.24) is 15.1 Å². The maximum Gasteiger partial charge on any atom is 0.246 e. The Hall–Kier alpha value is -1.59. The maximum absolute atomic E-state index is 13.5. The molecule has 1 N–H and O–H groups in total. The molecule has 2 fully saturated rings. The van der Waals surface area contributed by atoms with E-state index in [2.05, 4.69) is 68.2 Å². The number of nitrogens with one attached hydrogen (secondary N) is 1. The van der Waals surface area contributed by atoms with Gasteiger partial charge < -0.3 is 10.2 Å². The summed E-state index contributed by atoms with van der Waals surface area (Å²) in [6.45, 7) is 11.0. The first-order valence-corrected chi connectivity index (χ1v) is 12.8. The minimum Gasteiger partial charge on any atom is -0.342 e. The van der Waals surface area contributed by atoms with E-state index in [4.69, 9.17) is 0 Å². The van der Waals surface area contributed by atoms with Gasteiger partial charge in [-0.2, -0.15) is 0 Å². The lowest BCUT2D eigenvalue weighted by atomic mass is 9.80. The Kier molecular flexibility index (Phi) is 10.7. The van der Waals surface area contributed by atoms with Gasteiger partial charge in [-0.25, -0.2) is 0 Å². The zero-order chi connectivity index (χ0) is 23.1. The fraction of sp³-hybridized carbons (Fsp3) is 0.704. The lowest BCUT2D eigenvalue weighted by molar-refractivity contribution is -0.162. The Bertz CT molecular complexity index is 747. The number of halogens is 1. The van der Waals surface area contributed by atoms with Crippen LogP contribution in [0.4, 0.5) is 0 Å². The lowest BCUT2D eigenvalue weighted by Gasteiger charge is -2.52. The van der Waals surface area contributed by atoms with Gasteiger partial charge in [-0.05, 0) is 43.6 Å². The van der Waals surface area contributed by atoms with Crippen molar-refractivity contribution in [3.05, 3.63) is 35.9 Å². The third-order valence-corrected chi connectivity index (χ3v) is 7.33. The summed E-state index contributed by atoms with van der Waals surface area (Å²) in [5, 5.41) is 3.13. The highest BCUT2D eigenvalue weighted by Gasteiger charge is 2.53. The van der Waals surface area contributed by atoms with E-state index in [0.29, 0.717) is 24.9 Å². The molecule has 1 aromatic carbocycles. The molecule has 2 atom stereocenters. The Balaban J connectivity index is 0.00000385. The van der Waals surface area contributed by atoms with Gasteiger partial charge in [0.05, 0.1) is 0 Å². The number of carbonyl (C=O) groups is 2. The third kappa shape index (κ3) is 6.30. The van der Waals surface area contributed by atoms with Crippen LogP contribution < -0.4 is 5.32 Å². The molecular weight excluding hydrogens is 434 g/mol. The van der Waals surface area contributed by atoms with Crippen LogP contribution in [0.25, 0.3) is 0 Å². The van der Waals surface area contributed by atoms with Gasteiger partial charge in [0.1, 0.15) is 11.6 Å². The molecule has 2 aliphatic heterocycles. The van der Waals surface area contributed by atoms with Gasteiger partial charge in [-0.3, -0.25) is 14.5 Å². The van der Waals surface area contributed by atoms with Crippen LogP contribution in [-0.4, -0.2) is 52.8 Å². The highest BCUT2D eigenvalue weighted by atomic mass is 35.5. The average Bonchev–Trinajstić information content (AvgIpc) is 2.79. The van der Waals surface area contributed by atoms with Crippen molar-refractivity contribution in [2.45, 2.75) is 96.7 Å².